The molecule has 0 spiro atoms. The number of alkyl halides is 3. The first-order valence-corrected chi connectivity index (χ1v) is 7.52. The minimum absolute atomic E-state index is 0.0128. The van der Waals surface area contributed by atoms with Gasteiger partial charge in [0.05, 0.1) is 11.3 Å². The minimum Gasteiger partial charge on any atom is -0.321 e. The Kier molecular flexibility index (Phi) is 4.50. The van der Waals surface area contributed by atoms with Gasteiger partial charge in [-0.2, -0.15) is 18.3 Å². The summed E-state index contributed by atoms with van der Waals surface area (Å²) in [6.45, 7) is 0. The second-order valence-electron chi connectivity index (χ2n) is 5.58. The normalized spacial score (nSPS) is 11.4. The third kappa shape index (κ3) is 3.74. The zero-order valence-corrected chi connectivity index (χ0v) is 13.5. The summed E-state index contributed by atoms with van der Waals surface area (Å²) < 4.78 is 52.7. The molecule has 3 aromatic rings. The van der Waals surface area contributed by atoms with Crippen LogP contribution < -0.4 is 5.32 Å². The van der Waals surface area contributed by atoms with Crippen molar-refractivity contribution in [1.82, 2.24) is 9.78 Å². The summed E-state index contributed by atoms with van der Waals surface area (Å²) in [5, 5.41) is 6.46. The second-order valence-corrected chi connectivity index (χ2v) is 5.58. The number of nitrogens with one attached hydrogen (secondary N) is 1. The van der Waals surface area contributed by atoms with Gasteiger partial charge in [0.1, 0.15) is 5.82 Å². The van der Waals surface area contributed by atoms with Crippen LogP contribution >= 0.6 is 0 Å². The Morgan fingerprint density at radius 1 is 1.08 bits per heavy atom. The van der Waals surface area contributed by atoms with E-state index in [0.717, 1.165) is 12.1 Å². The molecule has 0 saturated heterocycles. The molecule has 1 heterocycles. The molecule has 1 amide bonds. The highest BCUT2D eigenvalue weighted by molar-refractivity contribution is 6.03. The summed E-state index contributed by atoms with van der Waals surface area (Å²) in [7, 11) is 1.61. The first-order chi connectivity index (χ1) is 12.2. The van der Waals surface area contributed by atoms with Crippen molar-refractivity contribution < 1.29 is 22.4 Å². The lowest BCUT2D eigenvalue weighted by Crippen LogP contribution is -2.14. The van der Waals surface area contributed by atoms with Gasteiger partial charge in [0.2, 0.25) is 0 Å². The Morgan fingerprint density at radius 3 is 2.42 bits per heavy atom. The molecule has 0 fully saturated rings. The predicted octanol–water partition coefficient (Wildman–Crippen LogP) is 4.50. The number of carbonyl (C=O) groups is 1. The molecule has 0 aliphatic carbocycles. The van der Waals surface area contributed by atoms with E-state index in [0.29, 0.717) is 11.3 Å². The number of aryl methyl sites for hydroxylation is 1. The summed E-state index contributed by atoms with van der Waals surface area (Å²) >= 11 is 0. The summed E-state index contributed by atoms with van der Waals surface area (Å²) in [4.78, 5) is 12.3. The molecular formula is C18H13F4N3O. The van der Waals surface area contributed by atoms with Crippen LogP contribution in [0.25, 0.3) is 11.3 Å². The zero-order chi connectivity index (χ0) is 18.9. The number of anilines is 1. The molecule has 0 radical (unpaired) electrons. The average Bonchev–Trinajstić information content (AvgIpc) is 2.97. The van der Waals surface area contributed by atoms with Gasteiger partial charge in [0, 0.05) is 12.7 Å². The van der Waals surface area contributed by atoms with E-state index >= 15 is 0 Å². The van der Waals surface area contributed by atoms with Crippen LogP contribution in [0.5, 0.6) is 0 Å². The summed E-state index contributed by atoms with van der Waals surface area (Å²) in [6, 6.07) is 11.5. The van der Waals surface area contributed by atoms with E-state index in [4.69, 9.17) is 0 Å². The van der Waals surface area contributed by atoms with Gasteiger partial charge in [0.15, 0.2) is 5.69 Å². The number of amides is 1. The molecular weight excluding hydrogens is 350 g/mol. The first-order valence-electron chi connectivity index (χ1n) is 7.52. The fraction of sp³-hybridized carbons (Fsp3) is 0.111. The molecule has 2 aromatic carbocycles. The lowest BCUT2D eigenvalue weighted by molar-refractivity contribution is -0.137. The number of hydrogen-bond donors (Lipinski definition) is 1. The Labute approximate surface area is 146 Å². The fourth-order valence-corrected chi connectivity index (χ4v) is 2.44. The van der Waals surface area contributed by atoms with Gasteiger partial charge < -0.3 is 5.32 Å². The smallest absolute Gasteiger partial charge is 0.321 e. The van der Waals surface area contributed by atoms with Crippen LogP contribution in [0.4, 0.5) is 23.2 Å². The molecule has 0 saturated carbocycles. The molecule has 0 unspecified atom stereocenters. The van der Waals surface area contributed by atoms with Crippen LogP contribution in [0.2, 0.25) is 0 Å². The molecule has 0 atom stereocenters. The summed E-state index contributed by atoms with van der Waals surface area (Å²) in [6.07, 6.45) is -4.50. The maximum Gasteiger partial charge on any atom is 0.416 e. The third-order valence-corrected chi connectivity index (χ3v) is 3.70. The van der Waals surface area contributed by atoms with Crippen molar-refractivity contribution in [2.75, 3.05) is 5.32 Å². The van der Waals surface area contributed by atoms with E-state index < -0.39 is 23.5 Å². The maximum absolute atomic E-state index is 13.0. The number of nitrogens with zero attached hydrogens (tertiary/aromatic N) is 2. The van der Waals surface area contributed by atoms with E-state index in [2.05, 4.69) is 10.4 Å². The molecule has 0 aliphatic rings. The van der Waals surface area contributed by atoms with Gasteiger partial charge in [-0.05, 0) is 54.1 Å². The highest BCUT2D eigenvalue weighted by Crippen LogP contribution is 2.30. The number of carbonyl (C=O) groups excluding carboxylic acids is 1. The largest absolute Gasteiger partial charge is 0.416 e. The highest BCUT2D eigenvalue weighted by atomic mass is 19.4. The number of halogens is 4. The number of benzene rings is 2. The lowest BCUT2D eigenvalue weighted by atomic mass is 10.1. The SMILES string of the molecule is Cn1nc(C(=O)Nc2cccc(C(F)(F)F)c2)cc1-c1ccc(F)cc1. The van der Waals surface area contributed by atoms with Crippen LogP contribution in [0, 0.1) is 5.82 Å². The van der Waals surface area contributed by atoms with Crippen molar-refractivity contribution >= 4 is 11.6 Å². The van der Waals surface area contributed by atoms with Crippen molar-refractivity contribution in [2.45, 2.75) is 6.18 Å². The topological polar surface area (TPSA) is 46.9 Å². The quantitative estimate of drug-likeness (QED) is 0.697. The Bertz CT molecular complexity index is 946. The second kappa shape index (κ2) is 6.62. The van der Waals surface area contributed by atoms with E-state index in [1.165, 1.54) is 35.0 Å². The Hall–Kier alpha value is -3.16. The van der Waals surface area contributed by atoms with E-state index in [1.807, 2.05) is 0 Å². The van der Waals surface area contributed by atoms with Crippen molar-refractivity contribution in [2.24, 2.45) is 7.05 Å². The Balaban J connectivity index is 1.83. The molecule has 4 nitrogen and oxygen atoms in total. The molecule has 26 heavy (non-hydrogen) atoms. The van der Waals surface area contributed by atoms with Gasteiger partial charge in [-0.25, -0.2) is 4.39 Å². The molecule has 134 valence electrons. The fourth-order valence-electron chi connectivity index (χ4n) is 2.44. The number of aromatic nitrogens is 2. The standard InChI is InChI=1S/C18H13F4N3O/c1-25-16(11-5-7-13(19)8-6-11)10-15(24-25)17(26)23-14-4-2-3-12(9-14)18(20,21)22/h2-10H,1H3,(H,23,26). The predicted molar refractivity (Wildman–Crippen MR) is 88.0 cm³/mol. The van der Waals surface area contributed by atoms with Crippen molar-refractivity contribution in [1.29, 1.82) is 0 Å². The van der Waals surface area contributed by atoms with Crippen LogP contribution in [-0.4, -0.2) is 15.7 Å². The number of hydrogen-bond acceptors (Lipinski definition) is 2. The Morgan fingerprint density at radius 2 is 1.77 bits per heavy atom. The van der Waals surface area contributed by atoms with Crippen molar-refractivity contribution in [3.8, 4) is 11.3 Å². The van der Waals surface area contributed by atoms with Crippen molar-refractivity contribution in [3.63, 3.8) is 0 Å². The maximum atomic E-state index is 13.0. The molecule has 1 aromatic heterocycles. The molecule has 0 aliphatic heterocycles. The van der Waals surface area contributed by atoms with E-state index in [9.17, 15) is 22.4 Å². The van der Waals surface area contributed by atoms with Gasteiger partial charge in [-0.3, -0.25) is 9.48 Å². The molecule has 0 bridgehead atoms. The van der Waals surface area contributed by atoms with Gasteiger partial charge in [-0.1, -0.05) is 6.07 Å². The van der Waals surface area contributed by atoms with Gasteiger partial charge in [-0.15, -0.1) is 0 Å². The van der Waals surface area contributed by atoms with E-state index in [-0.39, 0.29) is 11.4 Å². The van der Waals surface area contributed by atoms with Crippen LogP contribution in [0.15, 0.2) is 54.6 Å². The summed E-state index contributed by atoms with van der Waals surface area (Å²) in [5.74, 6) is -1.04. The van der Waals surface area contributed by atoms with Gasteiger partial charge in [0.25, 0.3) is 5.91 Å². The van der Waals surface area contributed by atoms with E-state index in [1.54, 1.807) is 19.2 Å². The monoisotopic (exact) mass is 363 g/mol. The van der Waals surface area contributed by atoms with Gasteiger partial charge >= 0.3 is 6.18 Å². The zero-order valence-electron chi connectivity index (χ0n) is 13.5. The lowest BCUT2D eigenvalue weighted by Gasteiger charge is -2.09. The van der Waals surface area contributed by atoms with Crippen LogP contribution in [0.1, 0.15) is 16.1 Å². The third-order valence-electron chi connectivity index (χ3n) is 3.70. The van der Waals surface area contributed by atoms with Crippen LogP contribution in [0.3, 0.4) is 0 Å². The molecule has 3 rings (SSSR count). The first kappa shape index (κ1) is 17.7. The van der Waals surface area contributed by atoms with Crippen molar-refractivity contribution in [3.05, 3.63) is 71.7 Å². The summed E-state index contributed by atoms with van der Waals surface area (Å²) in [5.41, 5.74) is 0.407. The highest BCUT2D eigenvalue weighted by Gasteiger charge is 2.30. The van der Waals surface area contributed by atoms with Crippen LogP contribution in [-0.2, 0) is 13.2 Å². The number of rotatable bonds is 3. The molecule has 8 heteroatoms. The minimum atomic E-state index is -4.50. The molecule has 1 N–H and O–H groups in total. The average molecular weight is 363 g/mol.